The molecule has 0 spiro atoms. The van der Waals surface area contributed by atoms with Gasteiger partial charge >= 0.3 is 0 Å². The molecule has 6 nitrogen and oxygen atoms in total. The molecule has 0 amide bonds. The van der Waals surface area contributed by atoms with Crippen LogP contribution in [0.5, 0.6) is 0 Å². The molecule has 114 valence electrons. The molecule has 1 heterocycles. The van der Waals surface area contributed by atoms with Crippen LogP contribution in [0.4, 0.5) is 5.69 Å². The highest BCUT2D eigenvalue weighted by Gasteiger charge is 2.12. The number of rotatable bonds is 8. The molecule has 0 aliphatic carbocycles. The standard InChI is InChI=1S/C14H20N4O2S/c1-2-8-17-21(19,20)14-6-4-13(5-7-14)15-10-12-18-11-3-9-16-18/h3-7,9,11,15,17H,2,8,10,12H2,1H3. The third-order valence-corrected chi connectivity index (χ3v) is 4.41. The van der Waals surface area contributed by atoms with Gasteiger partial charge < -0.3 is 5.32 Å². The van der Waals surface area contributed by atoms with Crippen LogP contribution in [0.25, 0.3) is 0 Å². The Morgan fingerprint density at radius 2 is 1.95 bits per heavy atom. The molecule has 0 fully saturated rings. The molecule has 0 unspecified atom stereocenters. The molecule has 0 aliphatic heterocycles. The molecule has 0 saturated carbocycles. The summed E-state index contributed by atoms with van der Waals surface area (Å²) in [6.45, 7) is 3.86. The third kappa shape index (κ3) is 4.57. The highest BCUT2D eigenvalue weighted by molar-refractivity contribution is 7.89. The summed E-state index contributed by atoms with van der Waals surface area (Å²) in [5.74, 6) is 0. The van der Waals surface area contributed by atoms with E-state index < -0.39 is 10.0 Å². The van der Waals surface area contributed by atoms with Crippen molar-refractivity contribution in [1.82, 2.24) is 14.5 Å². The fraction of sp³-hybridized carbons (Fsp3) is 0.357. The first-order valence-electron chi connectivity index (χ1n) is 6.93. The summed E-state index contributed by atoms with van der Waals surface area (Å²) in [7, 11) is -3.39. The minimum absolute atomic E-state index is 0.286. The lowest BCUT2D eigenvalue weighted by atomic mass is 10.3. The van der Waals surface area contributed by atoms with Gasteiger partial charge in [-0.15, -0.1) is 0 Å². The average molecular weight is 308 g/mol. The van der Waals surface area contributed by atoms with Crippen molar-refractivity contribution in [2.24, 2.45) is 0 Å². The molecule has 0 atom stereocenters. The summed E-state index contributed by atoms with van der Waals surface area (Å²) in [6, 6.07) is 8.62. The van der Waals surface area contributed by atoms with Crippen LogP contribution >= 0.6 is 0 Å². The Kier molecular flexibility index (Phi) is 5.35. The van der Waals surface area contributed by atoms with Crippen molar-refractivity contribution in [2.75, 3.05) is 18.4 Å². The van der Waals surface area contributed by atoms with E-state index in [0.29, 0.717) is 6.54 Å². The van der Waals surface area contributed by atoms with Crippen LogP contribution < -0.4 is 10.0 Å². The summed E-state index contributed by atoms with van der Waals surface area (Å²) in [6.07, 6.45) is 4.41. The van der Waals surface area contributed by atoms with Crippen LogP contribution in [0, 0.1) is 0 Å². The van der Waals surface area contributed by atoms with Gasteiger partial charge in [0.1, 0.15) is 0 Å². The van der Waals surface area contributed by atoms with E-state index in [-0.39, 0.29) is 4.90 Å². The fourth-order valence-corrected chi connectivity index (χ4v) is 2.95. The predicted octanol–water partition coefficient (Wildman–Crippen LogP) is 1.68. The number of hydrogen-bond acceptors (Lipinski definition) is 4. The van der Waals surface area contributed by atoms with Crippen LogP contribution in [-0.2, 0) is 16.6 Å². The lowest BCUT2D eigenvalue weighted by Crippen LogP contribution is -2.24. The van der Waals surface area contributed by atoms with E-state index in [1.165, 1.54) is 0 Å². The van der Waals surface area contributed by atoms with Gasteiger partial charge in [0.05, 0.1) is 11.4 Å². The Bertz CT molecular complexity index is 636. The lowest BCUT2D eigenvalue weighted by molar-refractivity contribution is 0.581. The number of sulfonamides is 1. The van der Waals surface area contributed by atoms with Crippen molar-refractivity contribution in [1.29, 1.82) is 0 Å². The second kappa shape index (κ2) is 7.24. The first kappa shape index (κ1) is 15.5. The monoisotopic (exact) mass is 308 g/mol. The number of aromatic nitrogens is 2. The number of hydrogen-bond donors (Lipinski definition) is 2. The average Bonchev–Trinajstić information content (AvgIpc) is 2.99. The van der Waals surface area contributed by atoms with Crippen LogP contribution in [0.1, 0.15) is 13.3 Å². The number of nitrogens with zero attached hydrogens (tertiary/aromatic N) is 2. The van der Waals surface area contributed by atoms with E-state index in [1.54, 1.807) is 30.5 Å². The van der Waals surface area contributed by atoms with Crippen LogP contribution in [0.3, 0.4) is 0 Å². The van der Waals surface area contributed by atoms with Gasteiger partial charge in [-0.1, -0.05) is 6.92 Å². The van der Waals surface area contributed by atoms with Crippen LogP contribution in [0.2, 0.25) is 0 Å². The van der Waals surface area contributed by atoms with Gasteiger partial charge in [0.25, 0.3) is 0 Å². The largest absolute Gasteiger partial charge is 0.383 e. The lowest BCUT2D eigenvalue weighted by Gasteiger charge is -2.09. The van der Waals surface area contributed by atoms with Crippen molar-refractivity contribution in [2.45, 2.75) is 24.8 Å². The number of benzene rings is 1. The minimum Gasteiger partial charge on any atom is -0.383 e. The van der Waals surface area contributed by atoms with Gasteiger partial charge in [-0.3, -0.25) is 4.68 Å². The van der Waals surface area contributed by atoms with Gasteiger partial charge in [-0.2, -0.15) is 5.10 Å². The molecule has 7 heteroatoms. The van der Waals surface area contributed by atoms with Crippen molar-refractivity contribution < 1.29 is 8.42 Å². The third-order valence-electron chi connectivity index (χ3n) is 2.94. The molecule has 0 radical (unpaired) electrons. The highest BCUT2D eigenvalue weighted by atomic mass is 32.2. The first-order valence-corrected chi connectivity index (χ1v) is 8.41. The maximum Gasteiger partial charge on any atom is 0.240 e. The van der Waals surface area contributed by atoms with Gasteiger partial charge in [0.15, 0.2) is 0 Å². The molecule has 2 N–H and O–H groups in total. The molecule has 0 bridgehead atoms. The molecule has 1 aromatic heterocycles. The zero-order chi connectivity index (χ0) is 15.1. The summed E-state index contributed by atoms with van der Waals surface area (Å²) in [5.41, 5.74) is 0.886. The van der Waals surface area contributed by atoms with Crippen molar-refractivity contribution in [3.63, 3.8) is 0 Å². The zero-order valence-corrected chi connectivity index (χ0v) is 12.8. The van der Waals surface area contributed by atoms with Gasteiger partial charge in [0, 0.05) is 31.2 Å². The van der Waals surface area contributed by atoms with Crippen molar-refractivity contribution in [3.05, 3.63) is 42.7 Å². The molecular weight excluding hydrogens is 288 g/mol. The summed E-state index contributed by atoms with van der Waals surface area (Å²) < 4.78 is 28.2. The zero-order valence-electron chi connectivity index (χ0n) is 12.0. The minimum atomic E-state index is -3.39. The topological polar surface area (TPSA) is 76.0 Å². The number of anilines is 1. The quantitative estimate of drug-likeness (QED) is 0.778. The van der Waals surface area contributed by atoms with E-state index >= 15 is 0 Å². The van der Waals surface area contributed by atoms with Crippen LogP contribution in [0.15, 0.2) is 47.6 Å². The Morgan fingerprint density at radius 3 is 2.57 bits per heavy atom. The highest BCUT2D eigenvalue weighted by Crippen LogP contribution is 2.13. The molecule has 2 aromatic rings. The first-order chi connectivity index (χ1) is 10.1. The molecule has 21 heavy (non-hydrogen) atoms. The van der Waals surface area contributed by atoms with E-state index in [9.17, 15) is 8.42 Å². The van der Waals surface area contributed by atoms with Gasteiger partial charge in [-0.05, 0) is 36.8 Å². The SMILES string of the molecule is CCCNS(=O)(=O)c1ccc(NCCn2cccn2)cc1. The predicted molar refractivity (Wildman–Crippen MR) is 82.6 cm³/mol. The molecule has 0 saturated heterocycles. The van der Waals surface area contributed by atoms with E-state index in [4.69, 9.17) is 0 Å². The maximum absolute atomic E-state index is 11.9. The second-order valence-electron chi connectivity index (χ2n) is 4.62. The van der Waals surface area contributed by atoms with Crippen LogP contribution in [-0.4, -0.2) is 31.3 Å². The normalized spacial score (nSPS) is 11.5. The van der Waals surface area contributed by atoms with E-state index in [2.05, 4.69) is 15.1 Å². The second-order valence-corrected chi connectivity index (χ2v) is 6.39. The Labute approximate surface area is 125 Å². The summed E-state index contributed by atoms with van der Waals surface area (Å²) in [4.78, 5) is 0.286. The number of nitrogens with one attached hydrogen (secondary N) is 2. The van der Waals surface area contributed by atoms with E-state index in [0.717, 1.165) is 25.2 Å². The Morgan fingerprint density at radius 1 is 1.19 bits per heavy atom. The molecular formula is C14H20N4O2S. The molecule has 0 aliphatic rings. The van der Waals surface area contributed by atoms with Crippen molar-refractivity contribution in [3.8, 4) is 0 Å². The molecule has 1 aromatic carbocycles. The molecule has 2 rings (SSSR count). The maximum atomic E-state index is 11.9. The van der Waals surface area contributed by atoms with Crippen molar-refractivity contribution >= 4 is 15.7 Å². The Hall–Kier alpha value is -1.86. The Balaban J connectivity index is 1.89. The smallest absolute Gasteiger partial charge is 0.240 e. The summed E-state index contributed by atoms with van der Waals surface area (Å²) in [5, 5.41) is 7.34. The summed E-state index contributed by atoms with van der Waals surface area (Å²) >= 11 is 0. The van der Waals surface area contributed by atoms with E-state index in [1.807, 2.05) is 23.9 Å². The van der Waals surface area contributed by atoms with Gasteiger partial charge in [0.2, 0.25) is 10.0 Å². The van der Waals surface area contributed by atoms with Gasteiger partial charge in [-0.25, -0.2) is 13.1 Å². The fourth-order valence-electron chi connectivity index (χ4n) is 1.82.